The summed E-state index contributed by atoms with van der Waals surface area (Å²) in [6, 6.07) is 14.0. The van der Waals surface area contributed by atoms with Gasteiger partial charge in [-0.05, 0) is 36.8 Å². The minimum absolute atomic E-state index is 0.166. The predicted molar refractivity (Wildman–Crippen MR) is 108 cm³/mol. The number of amides is 1. The number of carbonyl (C=O) groups is 1. The molecule has 0 spiro atoms. The molecule has 150 valence electrons. The van der Waals surface area contributed by atoms with Crippen molar-refractivity contribution < 1.29 is 17.9 Å². The molecule has 1 heterocycles. The summed E-state index contributed by atoms with van der Waals surface area (Å²) in [6.45, 7) is 5.79. The number of benzene rings is 2. The third kappa shape index (κ3) is 5.41. The van der Waals surface area contributed by atoms with Crippen molar-refractivity contribution in [2.45, 2.75) is 17.9 Å². The Morgan fingerprint density at radius 2 is 1.68 bits per heavy atom. The second-order valence-electron chi connectivity index (χ2n) is 7.15. The van der Waals surface area contributed by atoms with Gasteiger partial charge in [0.15, 0.2) is 9.84 Å². The van der Waals surface area contributed by atoms with Gasteiger partial charge in [0, 0.05) is 31.5 Å². The Balaban J connectivity index is 1.77. The minimum Gasteiger partial charge on any atom is -0.379 e. The van der Waals surface area contributed by atoms with Gasteiger partial charge in [0.05, 0.1) is 24.2 Å². The van der Waals surface area contributed by atoms with Crippen LogP contribution < -0.4 is 5.32 Å². The van der Waals surface area contributed by atoms with Crippen LogP contribution in [0.2, 0.25) is 0 Å². The van der Waals surface area contributed by atoms with Crippen LogP contribution in [0.4, 0.5) is 0 Å². The molecule has 28 heavy (non-hydrogen) atoms. The highest BCUT2D eigenvalue weighted by Gasteiger charge is 2.21. The van der Waals surface area contributed by atoms with Gasteiger partial charge in [-0.15, -0.1) is 0 Å². The van der Waals surface area contributed by atoms with Crippen LogP contribution in [0.5, 0.6) is 0 Å². The zero-order chi connectivity index (χ0) is 20.1. The molecule has 1 saturated heterocycles. The maximum absolute atomic E-state index is 12.8. The van der Waals surface area contributed by atoms with Gasteiger partial charge in [0.25, 0.3) is 5.91 Å². The number of sulfone groups is 1. The second kappa shape index (κ2) is 8.86. The Bertz CT molecular complexity index is 902. The van der Waals surface area contributed by atoms with Crippen LogP contribution in [0, 0.1) is 6.92 Å². The van der Waals surface area contributed by atoms with Crippen LogP contribution in [-0.2, 0) is 14.6 Å². The van der Waals surface area contributed by atoms with Crippen molar-refractivity contribution in [1.82, 2.24) is 10.2 Å². The number of nitrogens with one attached hydrogen (secondary N) is 1. The Labute approximate surface area is 166 Å². The van der Waals surface area contributed by atoms with Crippen molar-refractivity contribution in [2.24, 2.45) is 0 Å². The summed E-state index contributed by atoms with van der Waals surface area (Å²) < 4.78 is 28.6. The van der Waals surface area contributed by atoms with Crippen molar-refractivity contribution in [2.75, 3.05) is 39.1 Å². The maximum Gasteiger partial charge on any atom is 0.251 e. The summed E-state index contributed by atoms with van der Waals surface area (Å²) >= 11 is 0. The normalized spacial score (nSPS) is 16.5. The Hall–Kier alpha value is -2.22. The molecule has 0 saturated carbocycles. The summed E-state index contributed by atoms with van der Waals surface area (Å²) in [5.41, 5.74) is 2.64. The van der Waals surface area contributed by atoms with Gasteiger partial charge in [-0.25, -0.2) is 8.42 Å². The molecular formula is C21H26N2O4S. The van der Waals surface area contributed by atoms with Crippen molar-refractivity contribution in [3.63, 3.8) is 0 Å². The largest absolute Gasteiger partial charge is 0.379 e. The van der Waals surface area contributed by atoms with Gasteiger partial charge < -0.3 is 10.1 Å². The predicted octanol–water partition coefficient (Wildman–Crippen LogP) is 2.20. The fraction of sp³-hybridized carbons (Fsp3) is 0.381. The standard InChI is InChI=1S/C21H26N2O4S/c1-16-3-5-17(6-4-16)20(15-23-11-13-27-14-12-23)22-21(24)18-7-9-19(10-8-18)28(2,25)26/h3-10,20H,11-15H2,1-2H3,(H,22,24)/t20-/m0/s1. The van der Waals surface area contributed by atoms with Crippen molar-refractivity contribution in [1.29, 1.82) is 0 Å². The summed E-state index contributed by atoms with van der Waals surface area (Å²) in [6.07, 6.45) is 1.15. The zero-order valence-electron chi connectivity index (χ0n) is 16.2. The molecule has 1 atom stereocenters. The summed E-state index contributed by atoms with van der Waals surface area (Å²) in [5.74, 6) is -0.223. The topological polar surface area (TPSA) is 75.7 Å². The van der Waals surface area contributed by atoms with Gasteiger partial charge in [0.2, 0.25) is 0 Å². The highest BCUT2D eigenvalue weighted by Crippen LogP contribution is 2.18. The van der Waals surface area contributed by atoms with Gasteiger partial charge in [-0.3, -0.25) is 9.69 Å². The number of carbonyl (C=O) groups excluding carboxylic acids is 1. The van der Waals surface area contributed by atoms with Crippen molar-refractivity contribution in [3.05, 3.63) is 65.2 Å². The van der Waals surface area contributed by atoms with Crippen LogP contribution in [0.1, 0.15) is 27.5 Å². The van der Waals surface area contributed by atoms with Crippen LogP contribution in [0.25, 0.3) is 0 Å². The Kier molecular flexibility index (Phi) is 6.49. The van der Waals surface area contributed by atoms with Crippen LogP contribution >= 0.6 is 0 Å². The molecule has 6 nitrogen and oxygen atoms in total. The summed E-state index contributed by atoms with van der Waals surface area (Å²) in [5, 5.41) is 3.10. The average Bonchev–Trinajstić information content (AvgIpc) is 2.68. The molecule has 0 bridgehead atoms. The number of nitrogens with zero attached hydrogens (tertiary/aromatic N) is 1. The van der Waals surface area contributed by atoms with Crippen LogP contribution in [0.3, 0.4) is 0 Å². The first-order chi connectivity index (χ1) is 13.3. The van der Waals surface area contributed by atoms with Crippen molar-refractivity contribution in [3.8, 4) is 0 Å². The van der Waals surface area contributed by atoms with Crippen LogP contribution in [0.15, 0.2) is 53.4 Å². The molecule has 1 fully saturated rings. The zero-order valence-corrected chi connectivity index (χ0v) is 17.0. The molecule has 0 unspecified atom stereocenters. The highest BCUT2D eigenvalue weighted by atomic mass is 32.2. The molecule has 7 heteroatoms. The van der Waals surface area contributed by atoms with E-state index in [-0.39, 0.29) is 16.8 Å². The lowest BCUT2D eigenvalue weighted by atomic mass is 10.0. The average molecular weight is 403 g/mol. The number of rotatable bonds is 6. The molecule has 1 N–H and O–H groups in total. The first-order valence-corrected chi connectivity index (χ1v) is 11.2. The monoisotopic (exact) mass is 402 g/mol. The molecule has 0 radical (unpaired) electrons. The molecule has 2 aromatic rings. The van der Waals surface area contributed by atoms with Gasteiger partial charge in [0.1, 0.15) is 0 Å². The Morgan fingerprint density at radius 3 is 2.25 bits per heavy atom. The van der Waals surface area contributed by atoms with Crippen LogP contribution in [-0.4, -0.2) is 58.3 Å². The quantitative estimate of drug-likeness (QED) is 0.802. The van der Waals surface area contributed by atoms with Crippen molar-refractivity contribution >= 4 is 15.7 Å². The van der Waals surface area contributed by atoms with E-state index in [2.05, 4.69) is 10.2 Å². The fourth-order valence-electron chi connectivity index (χ4n) is 3.17. The number of ether oxygens (including phenoxy) is 1. The maximum atomic E-state index is 12.8. The summed E-state index contributed by atoms with van der Waals surface area (Å²) in [7, 11) is -3.28. The molecule has 1 aliphatic rings. The number of aryl methyl sites for hydroxylation is 1. The lowest BCUT2D eigenvalue weighted by Gasteiger charge is -2.31. The van der Waals surface area contributed by atoms with E-state index in [0.29, 0.717) is 25.3 Å². The van der Waals surface area contributed by atoms with Gasteiger partial charge >= 0.3 is 0 Å². The number of hydrogen-bond donors (Lipinski definition) is 1. The number of hydrogen-bond acceptors (Lipinski definition) is 5. The van der Waals surface area contributed by atoms with E-state index in [1.165, 1.54) is 12.1 Å². The lowest BCUT2D eigenvalue weighted by molar-refractivity contribution is 0.0332. The smallest absolute Gasteiger partial charge is 0.251 e. The molecule has 1 aliphatic heterocycles. The Morgan fingerprint density at radius 1 is 1.07 bits per heavy atom. The molecule has 3 rings (SSSR count). The van der Waals surface area contributed by atoms with E-state index in [1.54, 1.807) is 12.1 Å². The van der Waals surface area contributed by atoms with Gasteiger partial charge in [-0.2, -0.15) is 0 Å². The van der Waals surface area contributed by atoms with E-state index in [0.717, 1.165) is 30.5 Å². The molecule has 2 aromatic carbocycles. The highest BCUT2D eigenvalue weighted by molar-refractivity contribution is 7.90. The molecule has 1 amide bonds. The van der Waals surface area contributed by atoms with E-state index >= 15 is 0 Å². The summed E-state index contributed by atoms with van der Waals surface area (Å²) in [4.78, 5) is 15.3. The molecule has 0 aromatic heterocycles. The van der Waals surface area contributed by atoms with E-state index in [4.69, 9.17) is 4.74 Å². The molecular weight excluding hydrogens is 376 g/mol. The van der Waals surface area contributed by atoms with E-state index in [1.807, 2.05) is 31.2 Å². The molecule has 0 aliphatic carbocycles. The number of morpholine rings is 1. The van der Waals surface area contributed by atoms with Gasteiger partial charge in [-0.1, -0.05) is 29.8 Å². The third-order valence-corrected chi connectivity index (χ3v) is 6.00. The first kappa shape index (κ1) is 20.5. The fourth-order valence-corrected chi connectivity index (χ4v) is 3.80. The third-order valence-electron chi connectivity index (χ3n) is 4.87. The van der Waals surface area contributed by atoms with E-state index in [9.17, 15) is 13.2 Å². The lowest BCUT2D eigenvalue weighted by Crippen LogP contribution is -2.43. The first-order valence-electron chi connectivity index (χ1n) is 9.30. The SMILES string of the molecule is Cc1ccc([C@H](CN2CCOCC2)NC(=O)c2ccc(S(C)(=O)=O)cc2)cc1. The second-order valence-corrected chi connectivity index (χ2v) is 9.16. The van der Waals surface area contributed by atoms with E-state index < -0.39 is 9.84 Å². The minimum atomic E-state index is -3.28.